The van der Waals surface area contributed by atoms with E-state index in [9.17, 15) is 4.39 Å². The van der Waals surface area contributed by atoms with Crippen LogP contribution in [0.4, 0.5) is 4.39 Å². The normalized spacial score (nSPS) is 13.0. The van der Waals surface area contributed by atoms with E-state index in [-0.39, 0.29) is 11.9 Å². The third-order valence-corrected chi connectivity index (χ3v) is 2.15. The second kappa shape index (κ2) is 3.68. The van der Waals surface area contributed by atoms with Gasteiger partial charge in [-0.15, -0.1) is 0 Å². The summed E-state index contributed by atoms with van der Waals surface area (Å²) in [7, 11) is 0. The van der Waals surface area contributed by atoms with Crippen LogP contribution in [0.5, 0.6) is 0 Å². The number of nitrogens with two attached hydrogens (primary N) is 1. The zero-order valence-electron chi connectivity index (χ0n) is 7.47. The van der Waals surface area contributed by atoms with Crippen LogP contribution >= 0.6 is 0 Å². The Hall–Kier alpha value is -0.890. The number of hydrogen-bond donors (Lipinski definition) is 1. The molecule has 0 saturated carbocycles. The van der Waals surface area contributed by atoms with E-state index >= 15 is 0 Å². The molecule has 0 amide bonds. The molecule has 0 radical (unpaired) electrons. The molecule has 0 aliphatic rings. The molecule has 1 unspecified atom stereocenters. The average molecular weight is 167 g/mol. The van der Waals surface area contributed by atoms with Crippen molar-refractivity contribution in [3.63, 3.8) is 0 Å². The summed E-state index contributed by atoms with van der Waals surface area (Å²) in [5.41, 5.74) is 7.38. The third-order valence-electron chi connectivity index (χ3n) is 2.15. The topological polar surface area (TPSA) is 26.0 Å². The van der Waals surface area contributed by atoms with Crippen molar-refractivity contribution in [3.05, 3.63) is 35.1 Å². The maximum atomic E-state index is 13.0. The van der Waals surface area contributed by atoms with Crippen LogP contribution in [0.1, 0.15) is 30.5 Å². The molecule has 0 aromatic heterocycles. The van der Waals surface area contributed by atoms with Crippen molar-refractivity contribution >= 4 is 0 Å². The first kappa shape index (κ1) is 9.20. The van der Waals surface area contributed by atoms with E-state index in [4.69, 9.17) is 5.73 Å². The lowest BCUT2D eigenvalue weighted by Crippen LogP contribution is -2.10. The Morgan fingerprint density at radius 1 is 1.50 bits per heavy atom. The van der Waals surface area contributed by atoms with Crippen LogP contribution in [0.15, 0.2) is 18.2 Å². The van der Waals surface area contributed by atoms with Crippen molar-refractivity contribution in [2.24, 2.45) is 5.73 Å². The largest absolute Gasteiger partial charge is 0.324 e. The van der Waals surface area contributed by atoms with Crippen molar-refractivity contribution in [1.29, 1.82) is 0 Å². The van der Waals surface area contributed by atoms with E-state index in [1.807, 2.05) is 13.0 Å². The maximum Gasteiger partial charge on any atom is 0.126 e. The van der Waals surface area contributed by atoms with E-state index in [0.29, 0.717) is 5.56 Å². The van der Waals surface area contributed by atoms with Gasteiger partial charge in [-0.1, -0.05) is 19.1 Å². The van der Waals surface area contributed by atoms with Crippen molar-refractivity contribution in [1.82, 2.24) is 0 Å². The minimum absolute atomic E-state index is 0.0410. The Kier molecular flexibility index (Phi) is 2.82. The molecule has 0 aliphatic carbocycles. The van der Waals surface area contributed by atoms with Gasteiger partial charge in [-0.3, -0.25) is 0 Å². The highest BCUT2D eigenvalue weighted by Gasteiger charge is 2.08. The fraction of sp³-hybridized carbons (Fsp3) is 0.400. The zero-order chi connectivity index (χ0) is 9.14. The number of halogens is 1. The van der Waals surface area contributed by atoms with Crippen LogP contribution in [-0.2, 0) is 0 Å². The van der Waals surface area contributed by atoms with Crippen molar-refractivity contribution in [2.45, 2.75) is 26.3 Å². The van der Waals surface area contributed by atoms with Gasteiger partial charge in [0.25, 0.3) is 0 Å². The minimum atomic E-state index is -0.170. The van der Waals surface area contributed by atoms with E-state index < -0.39 is 0 Å². The van der Waals surface area contributed by atoms with E-state index in [2.05, 4.69) is 0 Å². The fourth-order valence-electron chi connectivity index (χ4n) is 1.25. The molecule has 0 spiro atoms. The highest BCUT2D eigenvalue weighted by molar-refractivity contribution is 5.29. The van der Waals surface area contributed by atoms with E-state index in [0.717, 1.165) is 12.0 Å². The van der Waals surface area contributed by atoms with Crippen molar-refractivity contribution < 1.29 is 4.39 Å². The van der Waals surface area contributed by atoms with Crippen LogP contribution in [-0.4, -0.2) is 0 Å². The first-order valence-electron chi connectivity index (χ1n) is 4.17. The number of rotatable bonds is 2. The van der Waals surface area contributed by atoms with Crippen LogP contribution in [0.25, 0.3) is 0 Å². The molecule has 12 heavy (non-hydrogen) atoms. The molecule has 2 N–H and O–H groups in total. The van der Waals surface area contributed by atoms with Crippen LogP contribution < -0.4 is 5.73 Å². The van der Waals surface area contributed by atoms with Gasteiger partial charge in [0.2, 0.25) is 0 Å². The molecule has 0 aliphatic heterocycles. The van der Waals surface area contributed by atoms with Crippen LogP contribution in [0.3, 0.4) is 0 Å². The molecule has 0 heterocycles. The molecule has 0 saturated heterocycles. The molecule has 1 aromatic carbocycles. The van der Waals surface area contributed by atoms with Gasteiger partial charge in [0.05, 0.1) is 0 Å². The Labute approximate surface area is 72.4 Å². The summed E-state index contributed by atoms with van der Waals surface area (Å²) < 4.78 is 13.0. The molecular formula is C10H14FN. The SMILES string of the molecule is CCC(N)c1cccc(F)c1C. The quantitative estimate of drug-likeness (QED) is 0.719. The number of benzene rings is 1. The van der Waals surface area contributed by atoms with Gasteiger partial charge in [-0.25, -0.2) is 4.39 Å². The molecule has 0 fully saturated rings. The first-order valence-corrected chi connectivity index (χ1v) is 4.17. The van der Waals surface area contributed by atoms with Crippen molar-refractivity contribution in [3.8, 4) is 0 Å². The summed E-state index contributed by atoms with van der Waals surface area (Å²) in [6.45, 7) is 3.76. The molecule has 1 atom stereocenters. The predicted molar refractivity (Wildman–Crippen MR) is 48.4 cm³/mol. The lowest BCUT2D eigenvalue weighted by atomic mass is 10.00. The van der Waals surface area contributed by atoms with Gasteiger partial charge in [0.1, 0.15) is 5.82 Å². The molecule has 1 nitrogen and oxygen atoms in total. The summed E-state index contributed by atoms with van der Waals surface area (Å²) in [5, 5.41) is 0. The molecule has 0 bridgehead atoms. The molecular weight excluding hydrogens is 153 g/mol. The molecule has 1 rings (SSSR count). The molecule has 66 valence electrons. The van der Waals surface area contributed by atoms with Gasteiger partial charge >= 0.3 is 0 Å². The van der Waals surface area contributed by atoms with Gasteiger partial charge in [0, 0.05) is 6.04 Å². The minimum Gasteiger partial charge on any atom is -0.324 e. The lowest BCUT2D eigenvalue weighted by Gasteiger charge is -2.12. The van der Waals surface area contributed by atoms with Crippen LogP contribution in [0, 0.1) is 12.7 Å². The van der Waals surface area contributed by atoms with E-state index in [1.54, 1.807) is 13.0 Å². The second-order valence-corrected chi connectivity index (χ2v) is 2.97. The van der Waals surface area contributed by atoms with Gasteiger partial charge in [-0.05, 0) is 30.5 Å². The smallest absolute Gasteiger partial charge is 0.126 e. The first-order chi connectivity index (χ1) is 5.66. The van der Waals surface area contributed by atoms with Gasteiger partial charge in [0.15, 0.2) is 0 Å². The predicted octanol–water partition coefficient (Wildman–Crippen LogP) is 2.54. The highest BCUT2D eigenvalue weighted by Crippen LogP contribution is 2.19. The molecule has 1 aromatic rings. The number of hydrogen-bond acceptors (Lipinski definition) is 1. The van der Waals surface area contributed by atoms with Gasteiger partial charge in [-0.2, -0.15) is 0 Å². The monoisotopic (exact) mass is 167 g/mol. The van der Waals surface area contributed by atoms with Crippen LogP contribution in [0.2, 0.25) is 0 Å². The zero-order valence-corrected chi connectivity index (χ0v) is 7.47. The fourth-order valence-corrected chi connectivity index (χ4v) is 1.25. The summed E-state index contributed by atoms with van der Waals surface area (Å²) >= 11 is 0. The molecule has 2 heteroatoms. The summed E-state index contributed by atoms with van der Waals surface area (Å²) in [6.07, 6.45) is 0.838. The Morgan fingerprint density at radius 3 is 2.75 bits per heavy atom. The standard InChI is InChI=1S/C10H14FN/c1-3-10(12)8-5-4-6-9(11)7(8)2/h4-6,10H,3,12H2,1-2H3. The second-order valence-electron chi connectivity index (χ2n) is 2.97. The Bertz CT molecular complexity index is 271. The summed E-state index contributed by atoms with van der Waals surface area (Å²) in [4.78, 5) is 0. The average Bonchev–Trinajstić information content (AvgIpc) is 2.08. The van der Waals surface area contributed by atoms with Gasteiger partial charge < -0.3 is 5.73 Å². The third kappa shape index (κ3) is 1.64. The summed E-state index contributed by atoms with van der Waals surface area (Å²) in [5.74, 6) is -0.170. The summed E-state index contributed by atoms with van der Waals surface area (Å²) in [6, 6.07) is 5.00. The van der Waals surface area contributed by atoms with Crippen molar-refractivity contribution in [2.75, 3.05) is 0 Å². The Morgan fingerprint density at radius 2 is 2.17 bits per heavy atom. The highest BCUT2D eigenvalue weighted by atomic mass is 19.1. The lowest BCUT2D eigenvalue weighted by molar-refractivity contribution is 0.605. The maximum absolute atomic E-state index is 13.0. The van der Waals surface area contributed by atoms with E-state index in [1.165, 1.54) is 6.07 Å². The Balaban J connectivity index is 3.07.